The van der Waals surface area contributed by atoms with Gasteiger partial charge in [0, 0.05) is 37.4 Å². The van der Waals surface area contributed by atoms with Crippen LogP contribution in [0.4, 0.5) is 13.2 Å². The third kappa shape index (κ3) is 4.72. The molecule has 0 saturated carbocycles. The molecule has 1 aromatic heterocycles. The van der Waals surface area contributed by atoms with Gasteiger partial charge in [0.05, 0.1) is 5.56 Å². The Kier molecular flexibility index (Phi) is 6.28. The summed E-state index contributed by atoms with van der Waals surface area (Å²) in [5.74, 6) is -0.502. The molecule has 1 aliphatic rings. The normalized spacial score (nSPS) is 14.3. The van der Waals surface area contributed by atoms with E-state index in [9.17, 15) is 27.6 Å². The first-order valence-electron chi connectivity index (χ1n) is 9.65. The van der Waals surface area contributed by atoms with Gasteiger partial charge in [-0.1, -0.05) is 6.07 Å². The highest BCUT2D eigenvalue weighted by molar-refractivity contribution is 5.93. The summed E-state index contributed by atoms with van der Waals surface area (Å²) in [6.07, 6.45) is -2.61. The summed E-state index contributed by atoms with van der Waals surface area (Å²) in [5, 5.41) is 2.64. The van der Waals surface area contributed by atoms with E-state index in [1.54, 1.807) is 11.8 Å². The number of hydrogen-bond acceptors (Lipinski definition) is 3. The molecule has 1 saturated heterocycles. The molecule has 3 rings (SSSR count). The minimum absolute atomic E-state index is 0.0366. The number of pyridine rings is 1. The summed E-state index contributed by atoms with van der Waals surface area (Å²) in [6, 6.07) is 7.28. The molecule has 30 heavy (non-hydrogen) atoms. The molecule has 0 unspecified atom stereocenters. The van der Waals surface area contributed by atoms with E-state index in [0.717, 1.165) is 23.1 Å². The predicted octanol–water partition coefficient (Wildman–Crippen LogP) is 2.91. The first-order valence-corrected chi connectivity index (χ1v) is 9.65. The minimum atomic E-state index is -4.54. The van der Waals surface area contributed by atoms with Crippen molar-refractivity contribution >= 4 is 11.8 Å². The van der Waals surface area contributed by atoms with E-state index in [1.165, 1.54) is 24.3 Å². The van der Waals surface area contributed by atoms with Crippen LogP contribution in [0.1, 0.15) is 40.9 Å². The molecule has 0 atom stereocenters. The molecule has 1 N–H and O–H groups in total. The molecule has 9 heteroatoms. The Hall–Kier alpha value is -3.10. The zero-order chi connectivity index (χ0) is 21.9. The standard InChI is InChI=1S/C21H22F3N3O3/c1-14-8-9-17(19(29)25-10-4-12-26-11-3-7-18(26)28)20(30)27(14)16-6-2-5-15(13-16)21(22,23)24/h2,5-6,8-9,13H,3-4,7,10-12H2,1H3,(H,25,29). The minimum Gasteiger partial charge on any atom is -0.352 e. The fourth-order valence-corrected chi connectivity index (χ4v) is 3.45. The van der Waals surface area contributed by atoms with Crippen LogP contribution in [-0.2, 0) is 11.0 Å². The summed E-state index contributed by atoms with van der Waals surface area (Å²) < 4.78 is 40.2. The van der Waals surface area contributed by atoms with Crippen molar-refractivity contribution in [1.29, 1.82) is 0 Å². The van der Waals surface area contributed by atoms with Crippen molar-refractivity contribution in [2.75, 3.05) is 19.6 Å². The van der Waals surface area contributed by atoms with Gasteiger partial charge in [-0.2, -0.15) is 13.2 Å². The summed E-state index contributed by atoms with van der Waals surface area (Å²) in [7, 11) is 0. The van der Waals surface area contributed by atoms with Crippen molar-refractivity contribution in [3.05, 3.63) is 63.6 Å². The Bertz CT molecular complexity index is 1010. The van der Waals surface area contributed by atoms with Crippen LogP contribution in [0.2, 0.25) is 0 Å². The van der Waals surface area contributed by atoms with Gasteiger partial charge < -0.3 is 10.2 Å². The van der Waals surface area contributed by atoms with Crippen LogP contribution in [-0.4, -0.2) is 40.9 Å². The lowest BCUT2D eigenvalue weighted by Crippen LogP contribution is -2.35. The Morgan fingerprint density at radius 2 is 1.93 bits per heavy atom. The third-order valence-corrected chi connectivity index (χ3v) is 5.02. The van der Waals surface area contributed by atoms with Crippen LogP contribution >= 0.6 is 0 Å². The number of likely N-dealkylation sites (tertiary alicyclic amines) is 1. The first-order chi connectivity index (χ1) is 14.2. The molecule has 1 aromatic carbocycles. The van der Waals surface area contributed by atoms with Crippen LogP contribution in [0, 0.1) is 6.92 Å². The fourth-order valence-electron chi connectivity index (χ4n) is 3.45. The maximum absolute atomic E-state index is 13.0. The molecule has 0 bridgehead atoms. The van der Waals surface area contributed by atoms with Crippen molar-refractivity contribution in [2.45, 2.75) is 32.4 Å². The van der Waals surface area contributed by atoms with E-state index in [-0.39, 0.29) is 23.7 Å². The number of benzene rings is 1. The Morgan fingerprint density at radius 3 is 2.60 bits per heavy atom. The molecular formula is C21H22F3N3O3. The number of halogens is 3. The van der Waals surface area contributed by atoms with E-state index >= 15 is 0 Å². The average Bonchev–Trinajstić information content (AvgIpc) is 3.09. The van der Waals surface area contributed by atoms with E-state index in [1.807, 2.05) is 0 Å². The van der Waals surface area contributed by atoms with Gasteiger partial charge in [0.1, 0.15) is 5.56 Å². The van der Waals surface area contributed by atoms with Gasteiger partial charge in [-0.15, -0.1) is 0 Å². The molecular weight excluding hydrogens is 399 g/mol. The lowest BCUT2D eigenvalue weighted by Gasteiger charge is -2.16. The summed E-state index contributed by atoms with van der Waals surface area (Å²) >= 11 is 0. The second kappa shape index (κ2) is 8.73. The molecule has 160 valence electrons. The predicted molar refractivity (Wildman–Crippen MR) is 105 cm³/mol. The Morgan fingerprint density at radius 1 is 1.17 bits per heavy atom. The Balaban J connectivity index is 1.75. The van der Waals surface area contributed by atoms with Crippen molar-refractivity contribution in [3.8, 4) is 5.69 Å². The second-order valence-corrected chi connectivity index (χ2v) is 7.17. The van der Waals surface area contributed by atoms with Gasteiger partial charge >= 0.3 is 6.18 Å². The van der Waals surface area contributed by atoms with Crippen LogP contribution < -0.4 is 10.9 Å². The maximum atomic E-state index is 13.0. The first kappa shape index (κ1) is 21.6. The molecule has 2 aromatic rings. The lowest BCUT2D eigenvalue weighted by molar-refractivity contribution is -0.137. The van der Waals surface area contributed by atoms with Crippen LogP contribution in [0.5, 0.6) is 0 Å². The molecule has 1 aliphatic heterocycles. The Labute approximate surface area is 171 Å². The van der Waals surface area contributed by atoms with Crippen LogP contribution in [0.25, 0.3) is 5.69 Å². The van der Waals surface area contributed by atoms with Gasteiger partial charge in [-0.05, 0) is 50.1 Å². The maximum Gasteiger partial charge on any atom is 0.416 e. The summed E-state index contributed by atoms with van der Waals surface area (Å²) in [4.78, 5) is 38.6. The molecule has 0 aliphatic carbocycles. The van der Waals surface area contributed by atoms with Gasteiger partial charge in [0.15, 0.2) is 0 Å². The summed E-state index contributed by atoms with van der Waals surface area (Å²) in [6.45, 7) is 3.10. The van der Waals surface area contributed by atoms with Gasteiger partial charge in [-0.3, -0.25) is 19.0 Å². The molecule has 1 fully saturated rings. The number of carbonyl (C=O) groups excluding carboxylic acids is 2. The van der Waals surface area contributed by atoms with E-state index in [2.05, 4.69) is 5.32 Å². The van der Waals surface area contributed by atoms with E-state index < -0.39 is 23.2 Å². The van der Waals surface area contributed by atoms with Crippen molar-refractivity contribution in [1.82, 2.24) is 14.8 Å². The SMILES string of the molecule is Cc1ccc(C(=O)NCCCN2CCCC2=O)c(=O)n1-c1cccc(C(F)(F)F)c1. The fraction of sp³-hybridized carbons (Fsp3) is 0.381. The number of hydrogen-bond donors (Lipinski definition) is 1. The zero-order valence-electron chi connectivity index (χ0n) is 16.5. The van der Waals surface area contributed by atoms with Gasteiger partial charge in [-0.25, -0.2) is 0 Å². The number of aromatic nitrogens is 1. The van der Waals surface area contributed by atoms with E-state index in [0.29, 0.717) is 31.6 Å². The molecule has 0 spiro atoms. The van der Waals surface area contributed by atoms with Crippen molar-refractivity contribution in [3.63, 3.8) is 0 Å². The average molecular weight is 421 g/mol. The number of nitrogens with one attached hydrogen (secondary N) is 1. The van der Waals surface area contributed by atoms with Crippen LogP contribution in [0.15, 0.2) is 41.2 Å². The third-order valence-electron chi connectivity index (χ3n) is 5.02. The number of nitrogens with zero attached hydrogens (tertiary/aromatic N) is 2. The van der Waals surface area contributed by atoms with E-state index in [4.69, 9.17) is 0 Å². The number of carbonyl (C=O) groups is 2. The molecule has 0 radical (unpaired) electrons. The highest BCUT2D eigenvalue weighted by atomic mass is 19.4. The van der Waals surface area contributed by atoms with Crippen molar-refractivity contribution < 1.29 is 22.8 Å². The zero-order valence-corrected chi connectivity index (χ0v) is 16.5. The lowest BCUT2D eigenvalue weighted by atomic mass is 10.1. The van der Waals surface area contributed by atoms with Crippen molar-refractivity contribution in [2.24, 2.45) is 0 Å². The number of alkyl halides is 3. The molecule has 6 nitrogen and oxygen atoms in total. The number of amides is 2. The number of rotatable bonds is 6. The topological polar surface area (TPSA) is 71.4 Å². The highest BCUT2D eigenvalue weighted by Crippen LogP contribution is 2.30. The van der Waals surface area contributed by atoms with Crippen LogP contribution in [0.3, 0.4) is 0 Å². The molecule has 2 heterocycles. The smallest absolute Gasteiger partial charge is 0.352 e. The quantitative estimate of drug-likeness (QED) is 0.729. The van der Waals surface area contributed by atoms with Gasteiger partial charge in [0.2, 0.25) is 5.91 Å². The van der Waals surface area contributed by atoms with Gasteiger partial charge in [0.25, 0.3) is 11.5 Å². The number of aryl methyl sites for hydroxylation is 1. The summed E-state index contributed by atoms with van der Waals surface area (Å²) in [5.41, 5.74) is -1.28. The molecule has 2 amide bonds. The monoisotopic (exact) mass is 421 g/mol. The largest absolute Gasteiger partial charge is 0.416 e. The highest BCUT2D eigenvalue weighted by Gasteiger charge is 2.30. The second-order valence-electron chi connectivity index (χ2n) is 7.17.